The van der Waals surface area contributed by atoms with Crippen LogP contribution < -0.4 is 11.1 Å². The molecular formula is C10H16N4O2. The molecule has 1 aliphatic rings. The quantitative estimate of drug-likeness (QED) is 0.770. The number of carbonyl (C=O) groups is 1. The summed E-state index contributed by atoms with van der Waals surface area (Å²) in [6.07, 6.45) is 3.77. The minimum atomic E-state index is -0.278. The van der Waals surface area contributed by atoms with Crippen molar-refractivity contribution < 1.29 is 9.32 Å². The molecule has 0 aliphatic heterocycles. The summed E-state index contributed by atoms with van der Waals surface area (Å²) < 4.78 is 4.96. The van der Waals surface area contributed by atoms with Gasteiger partial charge in [-0.3, -0.25) is 4.79 Å². The lowest BCUT2D eigenvalue weighted by molar-refractivity contribution is 0.0937. The fourth-order valence-electron chi connectivity index (χ4n) is 1.39. The number of amides is 1. The monoisotopic (exact) mass is 224 g/mol. The fourth-order valence-corrected chi connectivity index (χ4v) is 1.39. The molecule has 1 aliphatic carbocycles. The molecule has 88 valence electrons. The molecule has 3 N–H and O–H groups in total. The van der Waals surface area contributed by atoms with Gasteiger partial charge in [0.1, 0.15) is 0 Å². The standard InChI is InChI=1S/C10H16N4O2/c1-2-3-7(11)10-13-8(14-16-10)9(15)12-6-4-5-6/h6-7H,2-5,11H2,1H3,(H,12,15)/t7-/m1/s1. The van der Waals surface area contributed by atoms with Crippen molar-refractivity contribution in [2.24, 2.45) is 5.73 Å². The van der Waals surface area contributed by atoms with Crippen LogP contribution in [-0.4, -0.2) is 22.1 Å². The van der Waals surface area contributed by atoms with E-state index in [1.165, 1.54) is 0 Å². The Kier molecular flexibility index (Phi) is 3.19. The zero-order valence-corrected chi connectivity index (χ0v) is 9.27. The first-order valence-electron chi connectivity index (χ1n) is 5.60. The van der Waals surface area contributed by atoms with E-state index in [0.29, 0.717) is 11.9 Å². The van der Waals surface area contributed by atoms with Crippen molar-refractivity contribution in [1.29, 1.82) is 0 Å². The molecule has 0 spiro atoms. The van der Waals surface area contributed by atoms with Crippen LogP contribution in [0.2, 0.25) is 0 Å². The van der Waals surface area contributed by atoms with Gasteiger partial charge in [-0.1, -0.05) is 18.5 Å². The van der Waals surface area contributed by atoms with Crippen molar-refractivity contribution >= 4 is 5.91 Å². The van der Waals surface area contributed by atoms with Gasteiger partial charge in [-0.25, -0.2) is 0 Å². The van der Waals surface area contributed by atoms with Crippen LogP contribution in [0, 0.1) is 0 Å². The van der Waals surface area contributed by atoms with E-state index in [0.717, 1.165) is 25.7 Å². The second-order valence-corrected chi connectivity index (χ2v) is 4.10. The highest BCUT2D eigenvalue weighted by molar-refractivity contribution is 5.90. The molecule has 0 saturated heterocycles. The Hall–Kier alpha value is -1.43. The zero-order chi connectivity index (χ0) is 11.5. The van der Waals surface area contributed by atoms with E-state index in [-0.39, 0.29) is 17.8 Å². The lowest BCUT2D eigenvalue weighted by atomic mass is 10.2. The van der Waals surface area contributed by atoms with Gasteiger partial charge in [-0.05, 0) is 19.3 Å². The maximum absolute atomic E-state index is 11.6. The normalized spacial score (nSPS) is 17.1. The molecule has 1 saturated carbocycles. The van der Waals surface area contributed by atoms with Gasteiger partial charge in [0.2, 0.25) is 5.89 Å². The minimum Gasteiger partial charge on any atom is -0.346 e. The number of hydrogen-bond donors (Lipinski definition) is 2. The Morgan fingerprint density at radius 1 is 1.69 bits per heavy atom. The van der Waals surface area contributed by atoms with Crippen LogP contribution in [0.1, 0.15) is 55.2 Å². The molecule has 6 nitrogen and oxygen atoms in total. The number of hydrogen-bond acceptors (Lipinski definition) is 5. The first kappa shape index (κ1) is 11.1. The van der Waals surface area contributed by atoms with Crippen molar-refractivity contribution in [1.82, 2.24) is 15.5 Å². The minimum absolute atomic E-state index is 0.0773. The molecule has 0 aromatic carbocycles. The molecule has 0 radical (unpaired) electrons. The Labute approximate surface area is 93.6 Å². The molecule has 1 atom stereocenters. The summed E-state index contributed by atoms with van der Waals surface area (Å²) in [5, 5.41) is 6.41. The maximum atomic E-state index is 11.6. The third-order valence-electron chi connectivity index (χ3n) is 2.47. The predicted octanol–water partition coefficient (Wildman–Crippen LogP) is 0.762. The first-order valence-corrected chi connectivity index (χ1v) is 5.60. The summed E-state index contributed by atoms with van der Waals surface area (Å²) in [6.45, 7) is 2.02. The molecule has 1 aromatic rings. The Morgan fingerprint density at radius 3 is 3.06 bits per heavy atom. The topological polar surface area (TPSA) is 94.0 Å². The van der Waals surface area contributed by atoms with Crippen molar-refractivity contribution in [3.63, 3.8) is 0 Å². The van der Waals surface area contributed by atoms with Gasteiger partial charge < -0.3 is 15.6 Å². The van der Waals surface area contributed by atoms with Crippen molar-refractivity contribution in [2.75, 3.05) is 0 Å². The number of rotatable bonds is 5. The molecule has 6 heteroatoms. The van der Waals surface area contributed by atoms with E-state index in [1.54, 1.807) is 0 Å². The molecule has 1 aromatic heterocycles. The molecule has 1 amide bonds. The van der Waals surface area contributed by atoms with Gasteiger partial charge in [0.05, 0.1) is 6.04 Å². The van der Waals surface area contributed by atoms with E-state index in [4.69, 9.17) is 10.3 Å². The van der Waals surface area contributed by atoms with Gasteiger partial charge >= 0.3 is 0 Å². The number of nitrogens with zero attached hydrogens (tertiary/aromatic N) is 2. The number of carbonyl (C=O) groups excluding carboxylic acids is 1. The van der Waals surface area contributed by atoms with Crippen molar-refractivity contribution in [2.45, 2.75) is 44.7 Å². The van der Waals surface area contributed by atoms with Crippen LogP contribution in [0.25, 0.3) is 0 Å². The SMILES string of the molecule is CCC[C@@H](N)c1nc(C(=O)NC2CC2)no1. The molecule has 16 heavy (non-hydrogen) atoms. The second kappa shape index (κ2) is 4.61. The van der Waals surface area contributed by atoms with Crippen LogP contribution in [0.4, 0.5) is 0 Å². The smallest absolute Gasteiger partial charge is 0.292 e. The average molecular weight is 224 g/mol. The number of nitrogens with one attached hydrogen (secondary N) is 1. The van der Waals surface area contributed by atoms with Crippen LogP contribution in [-0.2, 0) is 0 Å². The second-order valence-electron chi connectivity index (χ2n) is 4.10. The van der Waals surface area contributed by atoms with Crippen LogP contribution in [0.3, 0.4) is 0 Å². The van der Waals surface area contributed by atoms with Gasteiger partial charge in [-0.15, -0.1) is 0 Å². The largest absolute Gasteiger partial charge is 0.346 e. The first-order chi connectivity index (χ1) is 7.70. The van der Waals surface area contributed by atoms with Gasteiger partial charge in [0.15, 0.2) is 0 Å². The lowest BCUT2D eigenvalue weighted by Crippen LogP contribution is -2.26. The van der Waals surface area contributed by atoms with Gasteiger partial charge in [-0.2, -0.15) is 4.98 Å². The van der Waals surface area contributed by atoms with E-state index in [2.05, 4.69) is 15.5 Å². The summed E-state index contributed by atoms with van der Waals surface area (Å²) in [5.74, 6) is 0.137. The summed E-state index contributed by atoms with van der Waals surface area (Å²) in [4.78, 5) is 15.5. The summed E-state index contributed by atoms with van der Waals surface area (Å²) in [6, 6.07) is 0.0127. The van der Waals surface area contributed by atoms with E-state index < -0.39 is 0 Å². The Bertz CT molecular complexity index is 373. The lowest BCUT2D eigenvalue weighted by Gasteiger charge is -2.02. The third-order valence-corrected chi connectivity index (χ3v) is 2.47. The highest BCUT2D eigenvalue weighted by Gasteiger charge is 2.26. The van der Waals surface area contributed by atoms with Crippen LogP contribution in [0.5, 0.6) is 0 Å². The van der Waals surface area contributed by atoms with E-state index in [1.807, 2.05) is 6.92 Å². The Morgan fingerprint density at radius 2 is 2.44 bits per heavy atom. The number of nitrogens with two attached hydrogens (primary N) is 1. The number of aromatic nitrogens is 2. The van der Waals surface area contributed by atoms with E-state index in [9.17, 15) is 4.79 Å². The van der Waals surface area contributed by atoms with Crippen LogP contribution in [0.15, 0.2) is 4.52 Å². The van der Waals surface area contributed by atoms with Gasteiger partial charge in [0, 0.05) is 6.04 Å². The summed E-state index contributed by atoms with van der Waals surface area (Å²) in [7, 11) is 0. The van der Waals surface area contributed by atoms with Gasteiger partial charge in [0.25, 0.3) is 11.7 Å². The molecule has 0 bridgehead atoms. The summed E-state index contributed by atoms with van der Waals surface area (Å²) >= 11 is 0. The molecule has 2 rings (SSSR count). The molecular weight excluding hydrogens is 208 g/mol. The molecule has 1 fully saturated rings. The molecule has 1 heterocycles. The Balaban J connectivity index is 1.97. The predicted molar refractivity (Wildman–Crippen MR) is 56.6 cm³/mol. The van der Waals surface area contributed by atoms with E-state index >= 15 is 0 Å². The highest BCUT2D eigenvalue weighted by atomic mass is 16.5. The summed E-state index contributed by atoms with van der Waals surface area (Å²) in [5.41, 5.74) is 5.80. The highest BCUT2D eigenvalue weighted by Crippen LogP contribution is 2.19. The average Bonchev–Trinajstić information content (AvgIpc) is 2.93. The fraction of sp³-hybridized carbons (Fsp3) is 0.700. The van der Waals surface area contributed by atoms with Crippen molar-refractivity contribution in [3.8, 4) is 0 Å². The third kappa shape index (κ3) is 2.57. The van der Waals surface area contributed by atoms with Crippen LogP contribution >= 0.6 is 0 Å². The molecule has 0 unspecified atom stereocenters. The maximum Gasteiger partial charge on any atom is 0.292 e. The van der Waals surface area contributed by atoms with Crippen molar-refractivity contribution in [3.05, 3.63) is 11.7 Å². The zero-order valence-electron chi connectivity index (χ0n) is 9.27.